The van der Waals surface area contributed by atoms with Gasteiger partial charge < -0.3 is 5.32 Å². The van der Waals surface area contributed by atoms with Crippen LogP contribution in [0, 0.1) is 13.8 Å². The maximum atomic E-state index is 12.1. The zero-order chi connectivity index (χ0) is 17.0. The van der Waals surface area contributed by atoms with Crippen LogP contribution in [0.1, 0.15) is 16.7 Å². The molecule has 0 aliphatic heterocycles. The van der Waals surface area contributed by atoms with E-state index in [2.05, 4.69) is 10.0 Å². The van der Waals surface area contributed by atoms with Gasteiger partial charge in [0.1, 0.15) is 0 Å². The monoisotopic (exact) mass is 332 g/mol. The number of amides is 1. The van der Waals surface area contributed by atoms with E-state index in [1.165, 1.54) is 0 Å². The van der Waals surface area contributed by atoms with Crippen LogP contribution in [0.5, 0.6) is 0 Å². The highest BCUT2D eigenvalue weighted by atomic mass is 32.2. The lowest BCUT2D eigenvalue weighted by Gasteiger charge is -2.11. The number of nitrogens with one attached hydrogen (secondary N) is 2. The number of hydrogen-bond donors (Lipinski definition) is 2. The molecular weight excluding hydrogens is 312 g/mol. The normalized spacial score (nSPS) is 11.1. The van der Waals surface area contributed by atoms with Gasteiger partial charge in [-0.15, -0.1) is 0 Å². The van der Waals surface area contributed by atoms with E-state index >= 15 is 0 Å². The lowest BCUT2D eigenvalue weighted by atomic mass is 10.1. The molecule has 2 N–H and O–H groups in total. The standard InChI is InChI=1S/C17H20N2O3S/c1-12-4-7-14(8-5-12)10-17(20)18-15-9-6-13(2)16(11-15)19-23(3,21)22/h4-9,11,19H,10H2,1-3H3,(H,18,20). The molecular formula is C17H20N2O3S. The molecule has 0 bridgehead atoms. The van der Waals surface area contributed by atoms with Crippen molar-refractivity contribution in [1.82, 2.24) is 0 Å². The molecule has 0 saturated heterocycles. The summed E-state index contributed by atoms with van der Waals surface area (Å²) >= 11 is 0. The van der Waals surface area contributed by atoms with E-state index in [9.17, 15) is 13.2 Å². The zero-order valence-electron chi connectivity index (χ0n) is 13.4. The molecule has 5 nitrogen and oxygen atoms in total. The molecule has 0 heterocycles. The summed E-state index contributed by atoms with van der Waals surface area (Å²) in [5, 5.41) is 2.78. The van der Waals surface area contributed by atoms with Crippen molar-refractivity contribution in [2.24, 2.45) is 0 Å². The van der Waals surface area contributed by atoms with E-state index in [1.54, 1.807) is 25.1 Å². The van der Waals surface area contributed by atoms with E-state index < -0.39 is 10.0 Å². The van der Waals surface area contributed by atoms with E-state index in [0.29, 0.717) is 11.4 Å². The number of aryl methyl sites for hydroxylation is 2. The van der Waals surface area contributed by atoms with Gasteiger partial charge in [-0.05, 0) is 37.1 Å². The first kappa shape index (κ1) is 17.0. The van der Waals surface area contributed by atoms with Crippen molar-refractivity contribution in [3.63, 3.8) is 0 Å². The third-order valence-corrected chi connectivity index (χ3v) is 3.89. The van der Waals surface area contributed by atoms with Crippen molar-refractivity contribution in [3.8, 4) is 0 Å². The average molecular weight is 332 g/mol. The third kappa shape index (κ3) is 5.41. The molecule has 2 rings (SSSR count). The molecule has 0 aromatic heterocycles. The Bertz CT molecular complexity index is 812. The van der Waals surface area contributed by atoms with Gasteiger partial charge >= 0.3 is 0 Å². The SMILES string of the molecule is Cc1ccc(CC(=O)Nc2ccc(C)c(NS(C)(=O)=O)c2)cc1. The molecule has 6 heteroatoms. The van der Waals surface area contributed by atoms with Crippen LogP contribution in [0.4, 0.5) is 11.4 Å². The molecule has 0 radical (unpaired) electrons. The summed E-state index contributed by atoms with van der Waals surface area (Å²) in [7, 11) is -3.36. The van der Waals surface area contributed by atoms with Gasteiger partial charge in [-0.3, -0.25) is 9.52 Å². The minimum atomic E-state index is -3.36. The molecule has 1 amide bonds. The molecule has 23 heavy (non-hydrogen) atoms. The highest BCUT2D eigenvalue weighted by molar-refractivity contribution is 7.92. The Balaban J connectivity index is 2.09. The fourth-order valence-electron chi connectivity index (χ4n) is 2.11. The smallest absolute Gasteiger partial charge is 0.229 e. The second-order valence-electron chi connectivity index (χ2n) is 5.61. The number of carbonyl (C=O) groups excluding carboxylic acids is 1. The minimum absolute atomic E-state index is 0.150. The molecule has 0 aliphatic carbocycles. The predicted octanol–water partition coefficient (Wildman–Crippen LogP) is 2.86. The number of carbonyl (C=O) groups is 1. The highest BCUT2D eigenvalue weighted by Gasteiger charge is 2.08. The average Bonchev–Trinajstić information content (AvgIpc) is 2.43. The molecule has 122 valence electrons. The molecule has 0 aliphatic rings. The molecule has 0 fully saturated rings. The van der Waals surface area contributed by atoms with E-state index in [4.69, 9.17) is 0 Å². The van der Waals surface area contributed by atoms with Gasteiger partial charge in [0.2, 0.25) is 15.9 Å². The van der Waals surface area contributed by atoms with Crippen LogP contribution in [0.2, 0.25) is 0 Å². The zero-order valence-corrected chi connectivity index (χ0v) is 14.2. The lowest BCUT2D eigenvalue weighted by Crippen LogP contribution is -2.15. The van der Waals surface area contributed by atoms with Gasteiger partial charge in [-0.2, -0.15) is 0 Å². The van der Waals surface area contributed by atoms with Crippen molar-refractivity contribution >= 4 is 27.3 Å². The lowest BCUT2D eigenvalue weighted by molar-refractivity contribution is -0.115. The summed E-state index contributed by atoms with van der Waals surface area (Å²) in [5.74, 6) is -0.150. The first-order chi connectivity index (χ1) is 10.7. The van der Waals surface area contributed by atoms with E-state index in [-0.39, 0.29) is 12.3 Å². The molecule has 0 unspecified atom stereocenters. The summed E-state index contributed by atoms with van der Waals surface area (Å²) in [6.45, 7) is 3.79. The molecule has 0 atom stereocenters. The Kier molecular flexibility index (Phi) is 5.05. The number of hydrogen-bond acceptors (Lipinski definition) is 3. The Morgan fingerprint density at radius 3 is 2.30 bits per heavy atom. The van der Waals surface area contributed by atoms with Crippen LogP contribution in [0.15, 0.2) is 42.5 Å². The first-order valence-corrected chi connectivity index (χ1v) is 9.06. The number of sulfonamides is 1. The third-order valence-electron chi connectivity index (χ3n) is 3.30. The van der Waals surface area contributed by atoms with Crippen LogP contribution in [0.25, 0.3) is 0 Å². The van der Waals surface area contributed by atoms with Gasteiger partial charge in [-0.25, -0.2) is 8.42 Å². The Morgan fingerprint density at radius 1 is 1.04 bits per heavy atom. The van der Waals surface area contributed by atoms with Crippen molar-refractivity contribution in [2.75, 3.05) is 16.3 Å². The van der Waals surface area contributed by atoms with Gasteiger partial charge in [0, 0.05) is 5.69 Å². The summed E-state index contributed by atoms with van der Waals surface area (Å²) in [6.07, 6.45) is 1.36. The molecule has 2 aromatic rings. The summed E-state index contributed by atoms with van der Waals surface area (Å²) in [5.41, 5.74) is 3.87. The van der Waals surface area contributed by atoms with Crippen molar-refractivity contribution in [2.45, 2.75) is 20.3 Å². The maximum absolute atomic E-state index is 12.1. The largest absolute Gasteiger partial charge is 0.326 e. The van der Waals surface area contributed by atoms with Crippen LogP contribution in [0.3, 0.4) is 0 Å². The van der Waals surface area contributed by atoms with Crippen LogP contribution < -0.4 is 10.0 Å². The van der Waals surface area contributed by atoms with Crippen LogP contribution >= 0.6 is 0 Å². The highest BCUT2D eigenvalue weighted by Crippen LogP contribution is 2.21. The quantitative estimate of drug-likeness (QED) is 0.884. The van der Waals surface area contributed by atoms with Crippen LogP contribution in [-0.4, -0.2) is 20.6 Å². The number of rotatable bonds is 5. The molecule has 2 aromatic carbocycles. The molecule has 0 saturated carbocycles. The van der Waals surface area contributed by atoms with Crippen molar-refractivity contribution < 1.29 is 13.2 Å². The van der Waals surface area contributed by atoms with Gasteiger partial charge in [0.25, 0.3) is 0 Å². The number of anilines is 2. The van der Waals surface area contributed by atoms with Gasteiger partial charge in [0.05, 0.1) is 18.4 Å². The summed E-state index contributed by atoms with van der Waals surface area (Å²) in [4.78, 5) is 12.1. The summed E-state index contributed by atoms with van der Waals surface area (Å²) in [6, 6.07) is 12.9. The van der Waals surface area contributed by atoms with Crippen molar-refractivity contribution in [1.29, 1.82) is 0 Å². The second-order valence-corrected chi connectivity index (χ2v) is 7.36. The predicted molar refractivity (Wildman–Crippen MR) is 93.2 cm³/mol. The second kappa shape index (κ2) is 6.83. The van der Waals surface area contributed by atoms with Gasteiger partial charge in [-0.1, -0.05) is 35.9 Å². The Morgan fingerprint density at radius 2 is 1.70 bits per heavy atom. The van der Waals surface area contributed by atoms with E-state index in [1.807, 2.05) is 31.2 Å². The van der Waals surface area contributed by atoms with Crippen molar-refractivity contribution in [3.05, 3.63) is 59.2 Å². The molecule has 0 spiro atoms. The van der Waals surface area contributed by atoms with E-state index in [0.717, 1.165) is 22.9 Å². The maximum Gasteiger partial charge on any atom is 0.229 e. The topological polar surface area (TPSA) is 75.3 Å². The number of benzene rings is 2. The minimum Gasteiger partial charge on any atom is -0.326 e. The Hall–Kier alpha value is -2.34. The van der Waals surface area contributed by atoms with Crippen LogP contribution in [-0.2, 0) is 21.2 Å². The first-order valence-electron chi connectivity index (χ1n) is 7.17. The Labute approximate surface area is 136 Å². The summed E-state index contributed by atoms with van der Waals surface area (Å²) < 4.78 is 25.2. The fraction of sp³-hybridized carbons (Fsp3) is 0.235. The fourth-order valence-corrected chi connectivity index (χ4v) is 2.73. The van der Waals surface area contributed by atoms with Gasteiger partial charge in [0.15, 0.2) is 0 Å².